The van der Waals surface area contributed by atoms with Crippen molar-refractivity contribution in [1.82, 2.24) is 5.16 Å². The van der Waals surface area contributed by atoms with E-state index in [9.17, 15) is 0 Å². The maximum absolute atomic E-state index is 4.79. The zero-order valence-electron chi connectivity index (χ0n) is 6.24. The zero-order chi connectivity index (χ0) is 7.71. The summed E-state index contributed by atoms with van der Waals surface area (Å²) in [4.78, 5) is 0. The fourth-order valence-electron chi connectivity index (χ4n) is 1.94. The molecule has 0 unspecified atom stereocenters. The maximum atomic E-state index is 4.79. The number of benzene rings is 1. The second-order valence-corrected chi connectivity index (χ2v) is 3.39. The van der Waals surface area contributed by atoms with Crippen molar-refractivity contribution in [1.29, 1.82) is 0 Å². The minimum atomic E-state index is 0.778. The van der Waals surface area contributed by atoms with Crippen LogP contribution in [0.15, 0.2) is 29.0 Å². The van der Waals surface area contributed by atoms with Crippen LogP contribution < -0.4 is 0 Å². The monoisotopic (exact) mass is 155 g/mol. The van der Waals surface area contributed by atoms with Crippen molar-refractivity contribution < 1.29 is 4.52 Å². The van der Waals surface area contributed by atoms with E-state index in [1.54, 1.807) is 11.8 Å². The summed E-state index contributed by atoms with van der Waals surface area (Å²) in [6.07, 6.45) is 1.61. The molecule has 5 rings (SSSR count). The normalized spacial score (nSPS) is 16.0. The first kappa shape index (κ1) is 5.14. The van der Waals surface area contributed by atoms with Gasteiger partial charge < -0.3 is 4.52 Å². The maximum Gasteiger partial charge on any atom is 0.124 e. The van der Waals surface area contributed by atoms with Gasteiger partial charge in [-0.15, -0.1) is 0 Å². The summed E-state index contributed by atoms with van der Waals surface area (Å²) in [7, 11) is 0. The van der Waals surface area contributed by atoms with Crippen LogP contribution in [0.25, 0.3) is 11.3 Å². The Morgan fingerprint density at radius 2 is 2.00 bits per heavy atom. The molecule has 0 radical (unpaired) electrons. The molecule has 0 spiro atoms. The molecule has 0 saturated carbocycles. The average molecular weight is 155 g/mol. The molecular formula is C10H5NO. The van der Waals surface area contributed by atoms with Crippen molar-refractivity contribution in [2.75, 3.05) is 0 Å². The van der Waals surface area contributed by atoms with Crippen molar-refractivity contribution in [3.63, 3.8) is 0 Å². The van der Waals surface area contributed by atoms with E-state index in [4.69, 9.17) is 4.52 Å². The minimum Gasteiger partial charge on any atom is -0.364 e. The Hall–Kier alpha value is -1.57. The molecule has 56 valence electrons. The SMILES string of the molecule is c1cc(-c2cc3c4c(c2)C34)no1. The molecule has 2 heteroatoms. The van der Waals surface area contributed by atoms with Crippen LogP contribution in [0.1, 0.15) is 22.6 Å². The van der Waals surface area contributed by atoms with E-state index in [0.717, 1.165) is 11.6 Å². The highest BCUT2D eigenvalue weighted by Gasteiger charge is 2.52. The predicted octanol–water partition coefficient (Wildman–Crippen LogP) is 2.15. The van der Waals surface area contributed by atoms with Crippen LogP contribution in [-0.4, -0.2) is 5.16 Å². The molecule has 2 aromatic rings. The molecular weight excluding hydrogens is 150 g/mol. The fraction of sp³-hybridized carbons (Fsp3) is 0.100. The van der Waals surface area contributed by atoms with Gasteiger partial charge in [0.2, 0.25) is 0 Å². The third-order valence-electron chi connectivity index (χ3n) is 2.72. The first-order chi connectivity index (χ1) is 5.95. The number of aromatic nitrogens is 1. The smallest absolute Gasteiger partial charge is 0.124 e. The van der Waals surface area contributed by atoms with Gasteiger partial charge >= 0.3 is 0 Å². The summed E-state index contributed by atoms with van der Waals surface area (Å²) in [5, 5.41) is 3.89. The fourth-order valence-corrected chi connectivity index (χ4v) is 1.94. The van der Waals surface area contributed by atoms with Crippen LogP contribution in [-0.2, 0) is 0 Å². The van der Waals surface area contributed by atoms with E-state index >= 15 is 0 Å². The molecule has 2 bridgehead atoms. The summed E-state index contributed by atoms with van der Waals surface area (Å²) >= 11 is 0. The lowest BCUT2D eigenvalue weighted by Crippen LogP contribution is -1.80. The van der Waals surface area contributed by atoms with Gasteiger partial charge in [-0.05, 0) is 28.8 Å². The van der Waals surface area contributed by atoms with Gasteiger partial charge in [-0.25, -0.2) is 0 Å². The molecule has 1 heterocycles. The lowest BCUT2D eigenvalue weighted by Gasteiger charge is -1.97. The molecule has 3 aliphatic carbocycles. The van der Waals surface area contributed by atoms with Crippen molar-refractivity contribution in [2.24, 2.45) is 0 Å². The summed E-state index contributed by atoms with van der Waals surface area (Å²) in [6.45, 7) is 0. The van der Waals surface area contributed by atoms with Gasteiger partial charge in [0.05, 0.1) is 0 Å². The lowest BCUT2D eigenvalue weighted by molar-refractivity contribution is 0.422. The molecule has 1 aromatic carbocycles. The lowest BCUT2D eigenvalue weighted by atomic mass is 10.1. The molecule has 0 N–H and O–H groups in total. The van der Waals surface area contributed by atoms with Crippen LogP contribution in [0.5, 0.6) is 0 Å². The summed E-state index contributed by atoms with van der Waals surface area (Å²) in [5.74, 6) is 0.778. The van der Waals surface area contributed by atoms with Crippen LogP contribution >= 0.6 is 0 Å². The number of hydrogen-bond donors (Lipinski definition) is 0. The molecule has 0 amide bonds. The van der Waals surface area contributed by atoms with Gasteiger partial charge in [0.15, 0.2) is 0 Å². The highest BCUT2D eigenvalue weighted by molar-refractivity contribution is 5.85. The Morgan fingerprint density at radius 1 is 1.25 bits per heavy atom. The van der Waals surface area contributed by atoms with Gasteiger partial charge in [0.1, 0.15) is 12.0 Å². The quantitative estimate of drug-likeness (QED) is 0.421. The van der Waals surface area contributed by atoms with E-state index in [2.05, 4.69) is 17.3 Å². The zero-order valence-corrected chi connectivity index (χ0v) is 6.24. The first-order valence-corrected chi connectivity index (χ1v) is 4.03. The Labute approximate surface area is 68.8 Å². The Morgan fingerprint density at radius 3 is 2.58 bits per heavy atom. The highest BCUT2D eigenvalue weighted by atomic mass is 16.5. The van der Waals surface area contributed by atoms with E-state index in [-0.39, 0.29) is 0 Å². The average Bonchev–Trinajstić information content (AvgIpc) is 2.96. The number of fused-ring (bicyclic) bond motifs is 2. The van der Waals surface area contributed by atoms with Crippen molar-refractivity contribution in [3.8, 4) is 11.3 Å². The Bertz CT molecular complexity index is 460. The van der Waals surface area contributed by atoms with Crippen LogP contribution in [0.2, 0.25) is 0 Å². The molecule has 0 saturated heterocycles. The molecule has 0 fully saturated rings. The van der Waals surface area contributed by atoms with E-state index < -0.39 is 0 Å². The number of hydrogen-bond acceptors (Lipinski definition) is 2. The summed E-state index contributed by atoms with van der Waals surface area (Å²) in [6, 6.07) is 6.32. The van der Waals surface area contributed by atoms with Crippen molar-refractivity contribution in [2.45, 2.75) is 5.92 Å². The van der Waals surface area contributed by atoms with Crippen molar-refractivity contribution in [3.05, 3.63) is 41.2 Å². The van der Waals surface area contributed by atoms with Crippen LogP contribution in [0, 0.1) is 0 Å². The topological polar surface area (TPSA) is 26.0 Å². The standard InChI is InChI=1S/C10H5NO/c1-2-12-11-8(1)5-3-6-9-7(4-5)10(6)9/h1-4,9H. The predicted molar refractivity (Wildman–Crippen MR) is 42.9 cm³/mol. The third-order valence-corrected chi connectivity index (χ3v) is 2.72. The molecule has 0 atom stereocenters. The summed E-state index contributed by atoms with van der Waals surface area (Å²) in [5.41, 5.74) is 6.77. The van der Waals surface area contributed by atoms with Gasteiger partial charge in [0, 0.05) is 17.5 Å². The van der Waals surface area contributed by atoms with Gasteiger partial charge in [0.25, 0.3) is 0 Å². The van der Waals surface area contributed by atoms with Gasteiger partial charge in [-0.1, -0.05) is 5.16 Å². The molecule has 0 aliphatic heterocycles. The minimum absolute atomic E-state index is 0.778. The Kier molecular flexibility index (Phi) is 0.571. The largest absolute Gasteiger partial charge is 0.364 e. The van der Waals surface area contributed by atoms with Crippen LogP contribution in [0.4, 0.5) is 0 Å². The number of nitrogens with zero attached hydrogens (tertiary/aromatic N) is 1. The van der Waals surface area contributed by atoms with Gasteiger partial charge in [-0.3, -0.25) is 0 Å². The number of rotatable bonds is 1. The van der Waals surface area contributed by atoms with E-state index in [1.807, 2.05) is 6.07 Å². The van der Waals surface area contributed by atoms with E-state index in [0.29, 0.717) is 0 Å². The van der Waals surface area contributed by atoms with Crippen LogP contribution in [0.3, 0.4) is 0 Å². The highest BCUT2D eigenvalue weighted by Crippen LogP contribution is 2.67. The van der Waals surface area contributed by atoms with E-state index in [1.165, 1.54) is 16.7 Å². The third kappa shape index (κ3) is 0.416. The summed E-state index contributed by atoms with van der Waals surface area (Å²) < 4.78 is 4.79. The second-order valence-electron chi connectivity index (χ2n) is 3.39. The molecule has 2 nitrogen and oxygen atoms in total. The first-order valence-electron chi connectivity index (χ1n) is 4.03. The molecule has 3 aliphatic rings. The second kappa shape index (κ2) is 1.33. The van der Waals surface area contributed by atoms with Crippen molar-refractivity contribution >= 4 is 0 Å². The molecule has 1 aromatic heterocycles. The van der Waals surface area contributed by atoms with Gasteiger partial charge in [-0.2, -0.15) is 0 Å². The Balaban J connectivity index is 1.97. The molecule has 12 heavy (non-hydrogen) atoms.